The number of amides is 1. The van der Waals surface area contributed by atoms with Crippen molar-refractivity contribution < 1.29 is 23.4 Å². The molecule has 1 saturated heterocycles. The van der Waals surface area contributed by atoms with Gasteiger partial charge in [0.1, 0.15) is 5.58 Å². The Labute approximate surface area is 198 Å². The zero-order valence-electron chi connectivity index (χ0n) is 20.3. The van der Waals surface area contributed by atoms with Gasteiger partial charge in [-0.2, -0.15) is 0 Å². The largest absolute Gasteiger partial charge is 0.493 e. The predicted octanol–water partition coefficient (Wildman–Crippen LogP) is 3.25. The van der Waals surface area contributed by atoms with Gasteiger partial charge in [-0.15, -0.1) is 0 Å². The molecule has 0 radical (unpaired) electrons. The number of aryl methyl sites for hydroxylation is 2. The summed E-state index contributed by atoms with van der Waals surface area (Å²) in [7, 11) is 5.12. The van der Waals surface area contributed by atoms with Gasteiger partial charge in [0.15, 0.2) is 23.9 Å². The minimum atomic E-state index is -0.310. The van der Waals surface area contributed by atoms with Crippen LogP contribution >= 0.6 is 0 Å². The normalized spacial score (nSPS) is 14.3. The van der Waals surface area contributed by atoms with E-state index in [1.165, 1.54) is 7.11 Å². The minimum absolute atomic E-state index is 0.00847. The quantitative estimate of drug-likeness (QED) is 0.552. The molecule has 1 aromatic heterocycles. The fourth-order valence-corrected chi connectivity index (χ4v) is 4.25. The van der Waals surface area contributed by atoms with Crippen molar-refractivity contribution in [2.75, 3.05) is 54.1 Å². The van der Waals surface area contributed by atoms with Gasteiger partial charge in [-0.25, -0.2) is 0 Å². The summed E-state index contributed by atoms with van der Waals surface area (Å²) in [4.78, 5) is 30.3. The van der Waals surface area contributed by atoms with Gasteiger partial charge >= 0.3 is 0 Å². The number of carbonyl (C=O) groups excluding carboxylic acids is 1. The smallest absolute Gasteiger partial charge is 0.260 e. The van der Waals surface area contributed by atoms with Gasteiger partial charge in [-0.05, 0) is 56.3 Å². The van der Waals surface area contributed by atoms with Crippen LogP contribution in [-0.2, 0) is 4.79 Å². The molecule has 8 heteroatoms. The van der Waals surface area contributed by atoms with E-state index in [1.807, 2.05) is 33.0 Å². The number of hydrogen-bond donors (Lipinski definition) is 0. The Kier molecular flexibility index (Phi) is 6.79. The lowest BCUT2D eigenvalue weighted by atomic mass is 10.0. The number of ether oxygens (including phenoxy) is 3. The maximum Gasteiger partial charge on any atom is 0.260 e. The molecule has 2 aromatic carbocycles. The molecular weight excluding hydrogens is 436 g/mol. The summed E-state index contributed by atoms with van der Waals surface area (Å²) >= 11 is 0. The van der Waals surface area contributed by atoms with Crippen molar-refractivity contribution in [1.82, 2.24) is 9.80 Å². The number of piperazine rings is 1. The zero-order chi connectivity index (χ0) is 24.4. The van der Waals surface area contributed by atoms with Crippen LogP contribution in [0.5, 0.6) is 17.2 Å². The van der Waals surface area contributed by atoms with E-state index < -0.39 is 0 Å². The molecule has 0 atom stereocenters. The molecule has 34 heavy (non-hydrogen) atoms. The number of carbonyl (C=O) groups is 1. The van der Waals surface area contributed by atoms with Crippen molar-refractivity contribution in [1.29, 1.82) is 0 Å². The number of benzene rings is 2. The fourth-order valence-electron chi connectivity index (χ4n) is 4.25. The van der Waals surface area contributed by atoms with Crippen LogP contribution in [0.3, 0.4) is 0 Å². The molecule has 0 spiro atoms. The summed E-state index contributed by atoms with van der Waals surface area (Å²) in [5.74, 6) is 1.13. The van der Waals surface area contributed by atoms with Crippen molar-refractivity contribution in [3.63, 3.8) is 0 Å². The van der Waals surface area contributed by atoms with E-state index in [1.54, 1.807) is 30.2 Å². The molecule has 1 aliphatic heterocycles. The highest BCUT2D eigenvalue weighted by molar-refractivity contribution is 5.86. The van der Waals surface area contributed by atoms with Gasteiger partial charge in [-0.3, -0.25) is 9.59 Å². The van der Waals surface area contributed by atoms with Crippen molar-refractivity contribution in [2.45, 2.75) is 13.8 Å². The molecule has 0 unspecified atom stereocenters. The average molecular weight is 467 g/mol. The van der Waals surface area contributed by atoms with Crippen LogP contribution < -0.4 is 19.6 Å². The van der Waals surface area contributed by atoms with E-state index in [4.69, 9.17) is 18.6 Å². The van der Waals surface area contributed by atoms with E-state index >= 15 is 0 Å². The number of methoxy groups -OCH3 is 2. The molecule has 8 nitrogen and oxygen atoms in total. The SMILES string of the molecule is COc1ccc(-c2oc3cc(C)cc(C)c3c(=O)c2OCC(=O)N2CCN(C)CC2)cc1OC. The molecule has 4 rings (SSSR count). The summed E-state index contributed by atoms with van der Waals surface area (Å²) in [6.07, 6.45) is 0. The third-order valence-electron chi connectivity index (χ3n) is 6.14. The summed E-state index contributed by atoms with van der Waals surface area (Å²) in [5, 5.41) is 0.442. The molecule has 0 N–H and O–H groups in total. The Morgan fingerprint density at radius 3 is 2.38 bits per heavy atom. The number of likely N-dealkylation sites (N-methyl/N-ethyl adjacent to an activating group) is 1. The second kappa shape index (κ2) is 9.77. The van der Waals surface area contributed by atoms with Crippen molar-refractivity contribution in [2.24, 2.45) is 0 Å². The molecular formula is C26H30N2O6. The van der Waals surface area contributed by atoms with Crippen LogP contribution in [0.1, 0.15) is 11.1 Å². The lowest BCUT2D eigenvalue weighted by molar-refractivity contribution is -0.134. The number of nitrogens with zero attached hydrogens (tertiary/aromatic N) is 2. The van der Waals surface area contributed by atoms with Crippen molar-refractivity contribution in [3.05, 3.63) is 51.7 Å². The van der Waals surface area contributed by atoms with E-state index in [2.05, 4.69) is 4.90 Å². The average Bonchev–Trinajstić information content (AvgIpc) is 2.82. The Hall–Kier alpha value is -3.52. The van der Waals surface area contributed by atoms with E-state index in [0.29, 0.717) is 41.1 Å². The van der Waals surface area contributed by atoms with Gasteiger partial charge in [0.25, 0.3) is 5.91 Å². The first-order valence-electron chi connectivity index (χ1n) is 11.2. The van der Waals surface area contributed by atoms with Crippen LogP contribution in [0.2, 0.25) is 0 Å². The number of hydrogen-bond acceptors (Lipinski definition) is 7. The Balaban J connectivity index is 1.78. The zero-order valence-corrected chi connectivity index (χ0v) is 20.3. The lowest BCUT2D eigenvalue weighted by Gasteiger charge is -2.32. The van der Waals surface area contributed by atoms with Crippen LogP contribution in [0.4, 0.5) is 0 Å². The number of fused-ring (bicyclic) bond motifs is 1. The van der Waals surface area contributed by atoms with Crippen LogP contribution in [-0.4, -0.2) is 69.8 Å². The second-order valence-corrected chi connectivity index (χ2v) is 8.59. The molecule has 1 amide bonds. The Morgan fingerprint density at radius 2 is 1.71 bits per heavy atom. The Bertz CT molecular complexity index is 1270. The van der Waals surface area contributed by atoms with Gasteiger partial charge in [0.2, 0.25) is 11.2 Å². The molecule has 3 aromatic rings. The molecule has 0 bridgehead atoms. The standard InChI is InChI=1S/C26H30N2O6/c1-16-12-17(2)23-21(13-16)34-25(18-6-7-19(31-4)20(14-18)32-5)26(24(23)30)33-15-22(29)28-10-8-27(3)9-11-28/h6-7,12-14H,8-11,15H2,1-5H3. The molecule has 180 valence electrons. The van der Waals surface area contributed by atoms with E-state index in [-0.39, 0.29) is 29.5 Å². The monoisotopic (exact) mass is 466 g/mol. The summed E-state index contributed by atoms with van der Waals surface area (Å²) in [6.45, 7) is 6.44. The highest BCUT2D eigenvalue weighted by Crippen LogP contribution is 2.37. The topological polar surface area (TPSA) is 81.5 Å². The highest BCUT2D eigenvalue weighted by Gasteiger charge is 2.24. The summed E-state index contributed by atoms with van der Waals surface area (Å²) in [6, 6.07) is 8.98. The summed E-state index contributed by atoms with van der Waals surface area (Å²) in [5.41, 5.74) is 2.50. The summed E-state index contributed by atoms with van der Waals surface area (Å²) < 4.78 is 22.9. The fraction of sp³-hybridized carbons (Fsp3) is 0.385. The molecule has 0 aliphatic carbocycles. The first-order chi connectivity index (χ1) is 16.3. The minimum Gasteiger partial charge on any atom is -0.493 e. The molecule has 0 saturated carbocycles. The number of rotatable bonds is 6. The van der Waals surface area contributed by atoms with Crippen molar-refractivity contribution in [3.8, 4) is 28.6 Å². The van der Waals surface area contributed by atoms with Crippen LogP contribution in [0.15, 0.2) is 39.5 Å². The Morgan fingerprint density at radius 1 is 1.00 bits per heavy atom. The third-order valence-corrected chi connectivity index (χ3v) is 6.14. The highest BCUT2D eigenvalue weighted by atomic mass is 16.5. The molecule has 1 fully saturated rings. The molecule has 2 heterocycles. The lowest BCUT2D eigenvalue weighted by Crippen LogP contribution is -2.48. The first-order valence-corrected chi connectivity index (χ1v) is 11.2. The van der Waals surface area contributed by atoms with Gasteiger partial charge in [0, 0.05) is 31.7 Å². The third kappa shape index (κ3) is 4.59. The van der Waals surface area contributed by atoms with Gasteiger partial charge in [-0.1, -0.05) is 6.07 Å². The maximum absolute atomic E-state index is 13.6. The van der Waals surface area contributed by atoms with Crippen LogP contribution in [0, 0.1) is 13.8 Å². The van der Waals surface area contributed by atoms with Gasteiger partial charge < -0.3 is 28.4 Å². The van der Waals surface area contributed by atoms with Crippen molar-refractivity contribution >= 4 is 16.9 Å². The van der Waals surface area contributed by atoms with Gasteiger partial charge in [0.05, 0.1) is 19.6 Å². The second-order valence-electron chi connectivity index (χ2n) is 8.59. The van der Waals surface area contributed by atoms with Crippen LogP contribution in [0.25, 0.3) is 22.3 Å². The molecule has 1 aliphatic rings. The van der Waals surface area contributed by atoms with E-state index in [9.17, 15) is 9.59 Å². The first kappa shape index (κ1) is 23.6. The predicted molar refractivity (Wildman–Crippen MR) is 130 cm³/mol. The van der Waals surface area contributed by atoms with E-state index in [0.717, 1.165) is 24.2 Å². The maximum atomic E-state index is 13.6.